The lowest BCUT2D eigenvalue weighted by Gasteiger charge is -2.31. The number of ether oxygens (including phenoxy) is 2. The average Bonchev–Trinajstić information content (AvgIpc) is 3.25. The Morgan fingerprint density at radius 3 is 2.74 bits per heavy atom. The number of allylic oxidation sites excluding steroid dienone is 1. The summed E-state index contributed by atoms with van der Waals surface area (Å²) in [7, 11) is 1.67. The molecule has 38 heavy (non-hydrogen) atoms. The van der Waals surface area contributed by atoms with Crippen LogP contribution in [0.15, 0.2) is 99.2 Å². The van der Waals surface area contributed by atoms with Crippen molar-refractivity contribution in [1.29, 1.82) is 0 Å². The number of rotatable bonds is 6. The highest BCUT2D eigenvalue weighted by Crippen LogP contribution is 2.43. The van der Waals surface area contributed by atoms with Gasteiger partial charge in [0.25, 0.3) is 5.56 Å². The molecule has 6 rings (SSSR count). The molecule has 1 aliphatic heterocycles. The van der Waals surface area contributed by atoms with E-state index in [1.807, 2.05) is 47.0 Å². The van der Waals surface area contributed by atoms with Crippen molar-refractivity contribution >= 4 is 39.0 Å². The van der Waals surface area contributed by atoms with Crippen molar-refractivity contribution in [3.05, 3.63) is 131 Å². The van der Waals surface area contributed by atoms with Crippen LogP contribution >= 0.6 is 27.3 Å². The van der Waals surface area contributed by atoms with E-state index in [-0.39, 0.29) is 11.6 Å². The lowest BCUT2D eigenvalue weighted by molar-refractivity contribution is 0.361. The lowest BCUT2D eigenvalue weighted by Crippen LogP contribution is -2.39. The predicted octanol–water partition coefficient (Wildman–Crippen LogP) is 5.65. The normalized spacial score (nSPS) is 16.3. The predicted molar refractivity (Wildman–Crippen MR) is 156 cm³/mol. The fourth-order valence-electron chi connectivity index (χ4n) is 5.22. The van der Waals surface area contributed by atoms with Crippen LogP contribution in [0.2, 0.25) is 0 Å². The molecule has 5 nitrogen and oxygen atoms in total. The van der Waals surface area contributed by atoms with Gasteiger partial charge in [-0.25, -0.2) is 4.99 Å². The summed E-state index contributed by atoms with van der Waals surface area (Å²) < 4.78 is 14.7. The van der Waals surface area contributed by atoms with Gasteiger partial charge in [-0.2, -0.15) is 0 Å². The van der Waals surface area contributed by atoms with Crippen molar-refractivity contribution < 1.29 is 9.47 Å². The number of hydrogen-bond donors (Lipinski definition) is 0. The van der Waals surface area contributed by atoms with E-state index in [0.29, 0.717) is 15.9 Å². The molecule has 0 amide bonds. The number of halogens is 1. The number of methoxy groups -OCH3 is 1. The first kappa shape index (κ1) is 24.6. The van der Waals surface area contributed by atoms with Crippen LogP contribution in [-0.2, 0) is 6.42 Å². The average molecular weight is 586 g/mol. The van der Waals surface area contributed by atoms with Crippen molar-refractivity contribution in [2.24, 2.45) is 4.99 Å². The zero-order valence-corrected chi connectivity index (χ0v) is 23.2. The molecular formula is C31H25BrN2O3S. The number of para-hydroxylation sites is 1. The molecule has 0 spiro atoms. The number of hydrogen-bond acceptors (Lipinski definition) is 5. The van der Waals surface area contributed by atoms with Crippen LogP contribution in [0.4, 0.5) is 0 Å². The zero-order chi connectivity index (χ0) is 26.2. The van der Waals surface area contributed by atoms with Crippen LogP contribution in [0.3, 0.4) is 0 Å². The molecule has 0 bridgehead atoms. The second kappa shape index (κ2) is 10.2. The topological polar surface area (TPSA) is 52.8 Å². The SMILES string of the molecule is C=CCOc1ccc(/C=c2\sc3n(c2=O)[C@H](c2ccccc2OC)C2=C(N=3)c3ccccc3CC2)cc1Br. The van der Waals surface area contributed by atoms with Gasteiger partial charge in [0.05, 0.1) is 27.9 Å². The molecular weight excluding hydrogens is 560 g/mol. The smallest absolute Gasteiger partial charge is 0.271 e. The van der Waals surface area contributed by atoms with E-state index in [0.717, 1.165) is 56.8 Å². The number of nitrogens with zero attached hydrogens (tertiary/aromatic N) is 2. The number of fused-ring (bicyclic) bond motifs is 3. The van der Waals surface area contributed by atoms with Gasteiger partial charge < -0.3 is 9.47 Å². The monoisotopic (exact) mass is 584 g/mol. The summed E-state index contributed by atoms with van der Waals surface area (Å²) in [5, 5.41) is 0. The van der Waals surface area contributed by atoms with E-state index in [1.54, 1.807) is 13.2 Å². The first-order valence-corrected chi connectivity index (χ1v) is 14.0. The van der Waals surface area contributed by atoms with Crippen molar-refractivity contribution in [3.8, 4) is 11.5 Å². The van der Waals surface area contributed by atoms with E-state index in [2.05, 4.69) is 52.8 Å². The molecule has 2 heterocycles. The molecule has 1 aromatic heterocycles. The molecule has 0 saturated carbocycles. The van der Waals surface area contributed by atoms with Crippen LogP contribution < -0.4 is 24.4 Å². The number of benzene rings is 3. The Bertz CT molecular complexity index is 1780. The first-order chi connectivity index (χ1) is 18.6. The van der Waals surface area contributed by atoms with Crippen LogP contribution in [-0.4, -0.2) is 18.3 Å². The number of aryl methyl sites for hydroxylation is 1. The third-order valence-electron chi connectivity index (χ3n) is 6.92. The fraction of sp³-hybridized carbons (Fsp3) is 0.161. The summed E-state index contributed by atoms with van der Waals surface area (Å²) in [6, 6.07) is 21.9. The van der Waals surface area contributed by atoms with Gasteiger partial charge in [-0.05, 0) is 69.7 Å². The molecule has 190 valence electrons. The van der Waals surface area contributed by atoms with Crippen LogP contribution in [0.5, 0.6) is 11.5 Å². The molecule has 2 aliphatic rings. The quantitative estimate of drug-likeness (QED) is 0.275. The van der Waals surface area contributed by atoms with E-state index in [4.69, 9.17) is 14.5 Å². The highest BCUT2D eigenvalue weighted by Gasteiger charge is 2.33. The Hall–Kier alpha value is -3.68. The summed E-state index contributed by atoms with van der Waals surface area (Å²) in [5.74, 6) is 1.49. The Kier molecular flexibility index (Phi) is 6.64. The fourth-order valence-corrected chi connectivity index (χ4v) is 6.73. The van der Waals surface area contributed by atoms with E-state index in [9.17, 15) is 4.79 Å². The lowest BCUT2D eigenvalue weighted by atomic mass is 9.83. The molecule has 0 N–H and O–H groups in total. The Morgan fingerprint density at radius 2 is 1.92 bits per heavy atom. The van der Waals surface area contributed by atoms with Gasteiger partial charge in [-0.15, -0.1) is 0 Å². The zero-order valence-electron chi connectivity index (χ0n) is 20.8. The molecule has 4 aromatic rings. The summed E-state index contributed by atoms with van der Waals surface area (Å²) in [6.07, 6.45) is 5.37. The van der Waals surface area contributed by atoms with Gasteiger partial charge in [0, 0.05) is 11.1 Å². The number of aromatic nitrogens is 1. The first-order valence-electron chi connectivity index (χ1n) is 12.4. The van der Waals surface area contributed by atoms with E-state index < -0.39 is 0 Å². The highest BCUT2D eigenvalue weighted by atomic mass is 79.9. The van der Waals surface area contributed by atoms with Gasteiger partial charge in [0.1, 0.15) is 18.1 Å². The summed E-state index contributed by atoms with van der Waals surface area (Å²) in [5.41, 5.74) is 6.37. The minimum atomic E-state index is -0.283. The second-order valence-electron chi connectivity index (χ2n) is 9.15. The van der Waals surface area contributed by atoms with Crippen molar-refractivity contribution in [2.45, 2.75) is 18.9 Å². The van der Waals surface area contributed by atoms with Crippen LogP contribution in [0.1, 0.15) is 34.7 Å². The number of thiazole rings is 1. The molecule has 1 atom stereocenters. The van der Waals surface area contributed by atoms with Crippen LogP contribution in [0.25, 0.3) is 11.8 Å². The highest BCUT2D eigenvalue weighted by molar-refractivity contribution is 9.10. The summed E-state index contributed by atoms with van der Waals surface area (Å²) in [6.45, 7) is 4.12. The third-order valence-corrected chi connectivity index (χ3v) is 8.52. The molecule has 1 aliphatic carbocycles. The van der Waals surface area contributed by atoms with Crippen LogP contribution in [0, 0.1) is 0 Å². The third kappa shape index (κ3) is 4.25. The van der Waals surface area contributed by atoms with Gasteiger partial charge in [0.2, 0.25) is 0 Å². The Balaban J connectivity index is 1.56. The summed E-state index contributed by atoms with van der Waals surface area (Å²) >= 11 is 5.00. The molecule has 0 saturated heterocycles. The molecule has 0 unspecified atom stereocenters. The molecule has 0 fully saturated rings. The van der Waals surface area contributed by atoms with Gasteiger partial charge >= 0.3 is 0 Å². The standard InChI is InChI=1S/C31H25BrN2O3S/c1-3-16-37-26-15-12-19(17-24(26)32)18-27-30(35)34-29(22-10-6-7-11-25(22)36-2)23-14-13-20-8-4-5-9-21(20)28(23)33-31(34)38-27/h3-12,15,17-18,29H,1,13-14,16H2,2H3/b27-18-/t29-/m1/s1. The van der Waals surface area contributed by atoms with E-state index >= 15 is 0 Å². The minimum absolute atomic E-state index is 0.0572. The largest absolute Gasteiger partial charge is 0.496 e. The van der Waals surface area contributed by atoms with Crippen molar-refractivity contribution in [1.82, 2.24) is 4.57 Å². The molecule has 3 aromatic carbocycles. The van der Waals surface area contributed by atoms with Gasteiger partial charge in [-0.3, -0.25) is 9.36 Å². The molecule has 0 radical (unpaired) electrons. The van der Waals surface area contributed by atoms with Gasteiger partial charge in [0.15, 0.2) is 4.80 Å². The maximum atomic E-state index is 14.0. The van der Waals surface area contributed by atoms with Gasteiger partial charge in [-0.1, -0.05) is 72.5 Å². The Morgan fingerprint density at radius 1 is 1.11 bits per heavy atom. The second-order valence-corrected chi connectivity index (χ2v) is 11.0. The van der Waals surface area contributed by atoms with Crippen molar-refractivity contribution in [2.75, 3.05) is 13.7 Å². The maximum Gasteiger partial charge on any atom is 0.271 e. The van der Waals surface area contributed by atoms with Crippen molar-refractivity contribution in [3.63, 3.8) is 0 Å². The maximum absolute atomic E-state index is 14.0. The van der Waals surface area contributed by atoms with E-state index in [1.165, 1.54) is 16.9 Å². The minimum Gasteiger partial charge on any atom is -0.496 e. The molecule has 7 heteroatoms. The Labute approximate surface area is 232 Å². The summed E-state index contributed by atoms with van der Waals surface area (Å²) in [4.78, 5) is 19.8.